The van der Waals surface area contributed by atoms with E-state index >= 15 is 0 Å². The smallest absolute Gasteiger partial charge is 0.0585 e. The van der Waals surface area contributed by atoms with Gasteiger partial charge in [0, 0.05) is 18.1 Å². The van der Waals surface area contributed by atoms with Gasteiger partial charge in [-0.2, -0.15) is 0 Å². The van der Waals surface area contributed by atoms with Crippen LogP contribution in [0.4, 0.5) is 0 Å². The van der Waals surface area contributed by atoms with Crippen molar-refractivity contribution >= 4 is 0 Å². The Morgan fingerprint density at radius 3 is 2.25 bits per heavy atom. The van der Waals surface area contributed by atoms with Gasteiger partial charge >= 0.3 is 0 Å². The molecule has 2 aliphatic carbocycles. The van der Waals surface area contributed by atoms with Crippen molar-refractivity contribution in [2.24, 2.45) is 5.92 Å². The van der Waals surface area contributed by atoms with E-state index in [4.69, 9.17) is 0 Å². The van der Waals surface area contributed by atoms with Gasteiger partial charge in [-0.1, -0.05) is 26.7 Å². The standard InChI is InChI=1S/C17H34N2O/c1-14(2)9-11-19(17-5-3-4-6-17)12-10-16(13-20)18-15-7-8-15/h14-18,20H,3-13H2,1-2H3. The number of rotatable bonds is 10. The maximum Gasteiger partial charge on any atom is 0.0585 e. The van der Waals surface area contributed by atoms with Crippen molar-refractivity contribution in [1.29, 1.82) is 0 Å². The second-order valence-corrected chi connectivity index (χ2v) is 7.27. The van der Waals surface area contributed by atoms with Gasteiger partial charge in [-0.25, -0.2) is 0 Å². The lowest BCUT2D eigenvalue weighted by Crippen LogP contribution is -2.41. The van der Waals surface area contributed by atoms with Gasteiger partial charge in [0.05, 0.1) is 6.61 Å². The maximum absolute atomic E-state index is 9.52. The van der Waals surface area contributed by atoms with Crippen molar-refractivity contribution in [3.63, 3.8) is 0 Å². The molecule has 0 aromatic carbocycles. The monoisotopic (exact) mass is 282 g/mol. The van der Waals surface area contributed by atoms with Gasteiger partial charge in [-0.3, -0.25) is 0 Å². The quantitative estimate of drug-likeness (QED) is 0.647. The summed E-state index contributed by atoms with van der Waals surface area (Å²) in [6.07, 6.45) is 10.6. The second-order valence-electron chi connectivity index (χ2n) is 7.27. The van der Waals surface area contributed by atoms with Crippen molar-refractivity contribution in [3.8, 4) is 0 Å². The van der Waals surface area contributed by atoms with E-state index in [1.807, 2.05) is 0 Å². The van der Waals surface area contributed by atoms with Crippen LogP contribution in [0.25, 0.3) is 0 Å². The number of aliphatic hydroxyl groups is 1. The van der Waals surface area contributed by atoms with E-state index in [0.29, 0.717) is 18.7 Å². The van der Waals surface area contributed by atoms with Crippen LogP contribution < -0.4 is 5.32 Å². The Labute approximate surface area is 125 Å². The molecule has 3 heteroatoms. The van der Waals surface area contributed by atoms with Crippen LogP contribution in [0.2, 0.25) is 0 Å². The van der Waals surface area contributed by atoms with E-state index in [1.54, 1.807) is 0 Å². The first-order valence-electron chi connectivity index (χ1n) is 8.80. The fourth-order valence-electron chi connectivity index (χ4n) is 3.30. The van der Waals surface area contributed by atoms with Crippen LogP contribution >= 0.6 is 0 Å². The minimum Gasteiger partial charge on any atom is -0.395 e. The molecule has 2 fully saturated rings. The van der Waals surface area contributed by atoms with Crippen LogP contribution in [-0.2, 0) is 0 Å². The normalized spacial score (nSPS) is 22.1. The van der Waals surface area contributed by atoms with Crippen LogP contribution in [0.15, 0.2) is 0 Å². The van der Waals surface area contributed by atoms with Gasteiger partial charge in [-0.15, -0.1) is 0 Å². The molecule has 0 aromatic rings. The zero-order valence-electron chi connectivity index (χ0n) is 13.5. The maximum atomic E-state index is 9.52. The van der Waals surface area contributed by atoms with E-state index in [1.165, 1.54) is 51.5 Å². The highest BCUT2D eigenvalue weighted by atomic mass is 16.3. The van der Waals surface area contributed by atoms with Crippen LogP contribution in [0.5, 0.6) is 0 Å². The fraction of sp³-hybridized carbons (Fsp3) is 1.00. The summed E-state index contributed by atoms with van der Waals surface area (Å²) in [6.45, 7) is 7.32. The molecule has 2 aliphatic rings. The fourth-order valence-corrected chi connectivity index (χ4v) is 3.30. The second kappa shape index (κ2) is 8.35. The predicted molar refractivity (Wildman–Crippen MR) is 84.9 cm³/mol. The summed E-state index contributed by atoms with van der Waals surface area (Å²) in [5.41, 5.74) is 0. The number of aliphatic hydroxyl groups excluding tert-OH is 1. The molecule has 0 amide bonds. The zero-order chi connectivity index (χ0) is 14.4. The van der Waals surface area contributed by atoms with Crippen LogP contribution in [0, 0.1) is 5.92 Å². The first-order valence-corrected chi connectivity index (χ1v) is 8.80. The van der Waals surface area contributed by atoms with E-state index in [-0.39, 0.29) is 0 Å². The summed E-state index contributed by atoms with van der Waals surface area (Å²) in [4.78, 5) is 2.71. The van der Waals surface area contributed by atoms with Crippen LogP contribution in [0.1, 0.15) is 65.2 Å². The summed E-state index contributed by atoms with van der Waals surface area (Å²) in [5, 5.41) is 13.1. The molecular formula is C17H34N2O. The van der Waals surface area contributed by atoms with Crippen molar-refractivity contribution in [3.05, 3.63) is 0 Å². The van der Waals surface area contributed by atoms with Gasteiger partial charge in [0.25, 0.3) is 0 Å². The van der Waals surface area contributed by atoms with Gasteiger partial charge < -0.3 is 15.3 Å². The van der Waals surface area contributed by atoms with E-state index < -0.39 is 0 Å². The Morgan fingerprint density at radius 1 is 1.05 bits per heavy atom. The third kappa shape index (κ3) is 5.71. The molecule has 2 saturated carbocycles. The lowest BCUT2D eigenvalue weighted by atomic mass is 10.1. The molecule has 3 nitrogen and oxygen atoms in total. The third-order valence-electron chi connectivity index (χ3n) is 4.87. The largest absolute Gasteiger partial charge is 0.395 e. The molecule has 0 aliphatic heterocycles. The van der Waals surface area contributed by atoms with Gasteiger partial charge in [-0.05, 0) is 57.5 Å². The molecular weight excluding hydrogens is 248 g/mol. The van der Waals surface area contributed by atoms with Crippen LogP contribution in [0.3, 0.4) is 0 Å². The van der Waals surface area contributed by atoms with Gasteiger partial charge in [0.15, 0.2) is 0 Å². The SMILES string of the molecule is CC(C)CCN(CCC(CO)NC1CC1)C1CCCC1. The summed E-state index contributed by atoms with van der Waals surface area (Å²) < 4.78 is 0. The Kier molecular flexibility index (Phi) is 6.79. The molecule has 1 atom stereocenters. The van der Waals surface area contributed by atoms with Crippen molar-refractivity contribution in [1.82, 2.24) is 10.2 Å². The molecule has 118 valence electrons. The summed E-state index contributed by atoms with van der Waals surface area (Å²) in [6, 6.07) is 1.82. The Hall–Kier alpha value is -0.120. The molecule has 0 heterocycles. The molecule has 1 unspecified atom stereocenters. The van der Waals surface area contributed by atoms with E-state index in [0.717, 1.165) is 24.9 Å². The Balaban J connectivity index is 1.75. The van der Waals surface area contributed by atoms with E-state index in [2.05, 4.69) is 24.1 Å². The van der Waals surface area contributed by atoms with Crippen molar-refractivity contribution in [2.75, 3.05) is 19.7 Å². The highest BCUT2D eigenvalue weighted by Gasteiger charge is 2.26. The lowest BCUT2D eigenvalue weighted by molar-refractivity contribution is 0.162. The van der Waals surface area contributed by atoms with Crippen molar-refractivity contribution in [2.45, 2.75) is 83.3 Å². The van der Waals surface area contributed by atoms with Gasteiger partial charge in [0.1, 0.15) is 0 Å². The molecule has 0 aromatic heterocycles. The summed E-state index contributed by atoms with van der Waals surface area (Å²) in [7, 11) is 0. The highest BCUT2D eigenvalue weighted by molar-refractivity contribution is 4.86. The van der Waals surface area contributed by atoms with Gasteiger partial charge in [0.2, 0.25) is 0 Å². The van der Waals surface area contributed by atoms with Crippen LogP contribution in [-0.4, -0.2) is 47.8 Å². The average Bonchev–Trinajstić information content (AvgIpc) is 3.08. The number of hydrogen-bond acceptors (Lipinski definition) is 3. The Bertz CT molecular complexity index is 260. The zero-order valence-corrected chi connectivity index (χ0v) is 13.5. The molecule has 20 heavy (non-hydrogen) atoms. The highest BCUT2D eigenvalue weighted by Crippen LogP contribution is 2.25. The van der Waals surface area contributed by atoms with E-state index in [9.17, 15) is 5.11 Å². The Morgan fingerprint density at radius 2 is 1.70 bits per heavy atom. The third-order valence-corrected chi connectivity index (χ3v) is 4.87. The number of nitrogens with one attached hydrogen (secondary N) is 1. The number of hydrogen-bond donors (Lipinski definition) is 2. The summed E-state index contributed by atoms with van der Waals surface area (Å²) >= 11 is 0. The summed E-state index contributed by atoms with van der Waals surface area (Å²) in [5.74, 6) is 0.789. The molecule has 0 bridgehead atoms. The van der Waals surface area contributed by atoms with Crippen molar-refractivity contribution < 1.29 is 5.11 Å². The molecule has 0 radical (unpaired) electrons. The average molecular weight is 282 g/mol. The minimum absolute atomic E-state index is 0.291. The predicted octanol–water partition coefficient (Wildman–Crippen LogP) is 2.78. The first-order chi connectivity index (χ1) is 9.69. The molecule has 2 rings (SSSR count). The lowest BCUT2D eigenvalue weighted by Gasteiger charge is -2.31. The topological polar surface area (TPSA) is 35.5 Å². The molecule has 0 saturated heterocycles. The first kappa shape index (κ1) is 16.3. The number of nitrogens with zero attached hydrogens (tertiary/aromatic N) is 1. The molecule has 0 spiro atoms. The minimum atomic E-state index is 0.291. The molecule has 2 N–H and O–H groups in total.